The molecule has 0 amide bonds. The fraction of sp³-hybridized carbons (Fsp3) is 0.0769. The Morgan fingerprint density at radius 2 is 1.76 bits per heavy atom. The van der Waals surface area contributed by atoms with E-state index >= 15 is 0 Å². The number of aromatic nitrogens is 2. The summed E-state index contributed by atoms with van der Waals surface area (Å²) in [6, 6.07) is 7.47. The van der Waals surface area contributed by atoms with Gasteiger partial charge in [0.2, 0.25) is 0 Å². The molecule has 0 radical (unpaired) electrons. The third-order valence-electron chi connectivity index (χ3n) is 2.20. The summed E-state index contributed by atoms with van der Waals surface area (Å²) in [7, 11) is 0. The first-order chi connectivity index (χ1) is 8.29. The van der Waals surface area contributed by atoms with Crippen LogP contribution in [-0.4, -0.2) is 21.7 Å². The summed E-state index contributed by atoms with van der Waals surface area (Å²) in [4.78, 5) is 7.79. The smallest absolute Gasteiger partial charge is 0.159 e. The molecule has 0 aliphatic rings. The van der Waals surface area contributed by atoms with E-state index in [4.69, 9.17) is 5.11 Å². The fourth-order valence-electron chi connectivity index (χ4n) is 1.39. The minimum atomic E-state index is -0.448. The first-order valence-corrected chi connectivity index (χ1v) is 5.15. The van der Waals surface area contributed by atoms with E-state index in [1.807, 2.05) is 30.3 Å². The van der Waals surface area contributed by atoms with E-state index in [0.717, 1.165) is 23.5 Å². The first-order valence-electron chi connectivity index (χ1n) is 5.15. The van der Waals surface area contributed by atoms with Gasteiger partial charge in [0.25, 0.3) is 0 Å². The van der Waals surface area contributed by atoms with Gasteiger partial charge < -0.3 is 5.11 Å². The number of aliphatic hydroxyl groups excluding tert-OH is 1. The van der Waals surface area contributed by atoms with Crippen LogP contribution in [0.4, 0.5) is 4.39 Å². The third-order valence-corrected chi connectivity index (χ3v) is 2.20. The second-order valence-electron chi connectivity index (χ2n) is 3.43. The van der Waals surface area contributed by atoms with E-state index < -0.39 is 5.82 Å². The summed E-state index contributed by atoms with van der Waals surface area (Å²) < 4.78 is 12.6. The molecule has 1 heterocycles. The minimum Gasteiger partial charge on any atom is -0.392 e. The van der Waals surface area contributed by atoms with Crippen molar-refractivity contribution in [3.63, 3.8) is 0 Å². The highest BCUT2D eigenvalue weighted by atomic mass is 19.1. The Morgan fingerprint density at radius 3 is 2.35 bits per heavy atom. The molecule has 17 heavy (non-hydrogen) atoms. The summed E-state index contributed by atoms with van der Waals surface area (Å²) in [5.74, 6) is 0.0420. The molecule has 0 saturated carbocycles. The van der Waals surface area contributed by atoms with Gasteiger partial charge in [0.05, 0.1) is 19.0 Å². The van der Waals surface area contributed by atoms with Crippen LogP contribution in [0.3, 0.4) is 0 Å². The van der Waals surface area contributed by atoms with E-state index in [1.54, 1.807) is 6.08 Å². The second-order valence-corrected chi connectivity index (χ2v) is 3.43. The summed E-state index contributed by atoms with van der Waals surface area (Å²) in [6.07, 6.45) is 5.75. The molecule has 3 nitrogen and oxygen atoms in total. The number of rotatable bonds is 3. The molecule has 1 aromatic carbocycles. The van der Waals surface area contributed by atoms with Crippen LogP contribution in [0.15, 0.2) is 42.7 Å². The van der Waals surface area contributed by atoms with E-state index in [0.29, 0.717) is 5.82 Å². The van der Waals surface area contributed by atoms with Crippen molar-refractivity contribution in [1.29, 1.82) is 0 Å². The van der Waals surface area contributed by atoms with Crippen LogP contribution in [0.5, 0.6) is 0 Å². The highest BCUT2D eigenvalue weighted by Crippen LogP contribution is 2.15. The summed E-state index contributed by atoms with van der Waals surface area (Å²) in [6.45, 7) is 0.0167. The number of nitrogens with zero attached hydrogens (tertiary/aromatic N) is 2. The molecule has 2 rings (SSSR count). The van der Waals surface area contributed by atoms with Gasteiger partial charge in [0.1, 0.15) is 0 Å². The highest BCUT2D eigenvalue weighted by Gasteiger charge is 2.00. The molecule has 0 aliphatic heterocycles. The summed E-state index contributed by atoms with van der Waals surface area (Å²) in [5.41, 5.74) is 1.80. The third kappa shape index (κ3) is 2.95. The van der Waals surface area contributed by atoms with Crippen molar-refractivity contribution < 1.29 is 9.50 Å². The number of hydrogen-bond acceptors (Lipinski definition) is 3. The Hall–Kier alpha value is -2.07. The van der Waals surface area contributed by atoms with Crippen molar-refractivity contribution in [2.24, 2.45) is 0 Å². The normalized spacial score (nSPS) is 10.9. The predicted octanol–water partition coefficient (Wildman–Crippen LogP) is 2.29. The monoisotopic (exact) mass is 230 g/mol. The van der Waals surface area contributed by atoms with Crippen LogP contribution >= 0.6 is 0 Å². The maximum atomic E-state index is 12.6. The van der Waals surface area contributed by atoms with E-state index in [2.05, 4.69) is 9.97 Å². The lowest BCUT2D eigenvalue weighted by Gasteiger charge is -2.00. The molecule has 4 heteroatoms. The lowest BCUT2D eigenvalue weighted by Crippen LogP contribution is -1.89. The van der Waals surface area contributed by atoms with Crippen LogP contribution in [0.1, 0.15) is 5.56 Å². The van der Waals surface area contributed by atoms with Gasteiger partial charge in [0.15, 0.2) is 11.6 Å². The van der Waals surface area contributed by atoms with Gasteiger partial charge in [-0.05, 0) is 5.56 Å². The van der Waals surface area contributed by atoms with Crippen molar-refractivity contribution in [2.45, 2.75) is 0 Å². The molecule has 0 unspecified atom stereocenters. The van der Waals surface area contributed by atoms with Gasteiger partial charge in [-0.1, -0.05) is 36.4 Å². The molecule has 1 aromatic heterocycles. The zero-order valence-electron chi connectivity index (χ0n) is 9.05. The van der Waals surface area contributed by atoms with Gasteiger partial charge in [0, 0.05) is 5.56 Å². The molecular formula is C13H11FN2O. The Labute approximate surface area is 98.3 Å². The van der Waals surface area contributed by atoms with Crippen LogP contribution in [0.25, 0.3) is 17.5 Å². The van der Waals surface area contributed by atoms with Gasteiger partial charge >= 0.3 is 0 Å². The van der Waals surface area contributed by atoms with E-state index in [9.17, 15) is 4.39 Å². The molecular weight excluding hydrogens is 219 g/mol. The Bertz CT molecular complexity index is 506. The van der Waals surface area contributed by atoms with Crippen LogP contribution in [-0.2, 0) is 0 Å². The number of aliphatic hydroxyl groups is 1. The topological polar surface area (TPSA) is 46.0 Å². The molecule has 0 atom stereocenters. The molecule has 0 saturated heterocycles. The van der Waals surface area contributed by atoms with Gasteiger partial charge in [-0.15, -0.1) is 0 Å². The zero-order chi connectivity index (χ0) is 12.1. The predicted molar refractivity (Wildman–Crippen MR) is 63.5 cm³/mol. The van der Waals surface area contributed by atoms with E-state index in [1.165, 1.54) is 0 Å². The summed E-state index contributed by atoms with van der Waals surface area (Å²) >= 11 is 0. The number of halogens is 1. The van der Waals surface area contributed by atoms with Crippen LogP contribution in [0, 0.1) is 5.82 Å². The second kappa shape index (κ2) is 5.32. The molecule has 1 N–H and O–H groups in total. The molecule has 2 aromatic rings. The van der Waals surface area contributed by atoms with Gasteiger partial charge in [-0.25, -0.2) is 14.4 Å². The average molecular weight is 230 g/mol. The van der Waals surface area contributed by atoms with Gasteiger partial charge in [-0.2, -0.15) is 0 Å². The van der Waals surface area contributed by atoms with Gasteiger partial charge in [-0.3, -0.25) is 0 Å². The maximum Gasteiger partial charge on any atom is 0.159 e. The lowest BCUT2D eigenvalue weighted by atomic mass is 10.1. The SMILES string of the molecule is OCC=Cc1ccc(-c2ncc(F)cn2)cc1. The van der Waals surface area contributed by atoms with Crippen molar-refractivity contribution in [1.82, 2.24) is 9.97 Å². The highest BCUT2D eigenvalue weighted by molar-refractivity contribution is 5.59. The zero-order valence-corrected chi connectivity index (χ0v) is 9.05. The molecule has 0 aliphatic carbocycles. The molecule has 0 fully saturated rings. The van der Waals surface area contributed by atoms with Crippen molar-refractivity contribution in [3.8, 4) is 11.4 Å². The first kappa shape index (κ1) is 11.4. The Kier molecular flexibility index (Phi) is 3.57. The largest absolute Gasteiger partial charge is 0.392 e. The molecule has 0 bridgehead atoms. The molecule has 0 spiro atoms. The maximum absolute atomic E-state index is 12.6. The quantitative estimate of drug-likeness (QED) is 0.879. The average Bonchev–Trinajstić information content (AvgIpc) is 2.38. The van der Waals surface area contributed by atoms with Crippen molar-refractivity contribution in [2.75, 3.05) is 6.61 Å². The Balaban J connectivity index is 2.23. The van der Waals surface area contributed by atoms with Crippen LogP contribution in [0.2, 0.25) is 0 Å². The van der Waals surface area contributed by atoms with Crippen molar-refractivity contribution >= 4 is 6.08 Å². The van der Waals surface area contributed by atoms with Crippen LogP contribution < -0.4 is 0 Å². The van der Waals surface area contributed by atoms with Crippen molar-refractivity contribution in [3.05, 3.63) is 54.1 Å². The minimum absolute atomic E-state index is 0.0167. The van der Waals surface area contributed by atoms with E-state index in [-0.39, 0.29) is 6.61 Å². The summed E-state index contributed by atoms with van der Waals surface area (Å²) in [5, 5.41) is 8.64. The number of benzene rings is 1. The molecule has 86 valence electrons. The lowest BCUT2D eigenvalue weighted by molar-refractivity contribution is 0.343. The fourth-order valence-corrected chi connectivity index (χ4v) is 1.39. The standard InChI is InChI=1S/C13H11FN2O/c14-12-8-15-13(16-9-12)11-5-3-10(4-6-11)2-1-7-17/h1-6,8-9,17H,7H2. The Morgan fingerprint density at radius 1 is 1.12 bits per heavy atom. The number of hydrogen-bond donors (Lipinski definition) is 1.